The van der Waals surface area contributed by atoms with Crippen LogP contribution in [0.3, 0.4) is 0 Å². The lowest BCUT2D eigenvalue weighted by Gasteiger charge is -2.08. The molecule has 1 atom stereocenters. The van der Waals surface area contributed by atoms with Crippen molar-refractivity contribution in [1.82, 2.24) is 15.5 Å². The Morgan fingerprint density at radius 1 is 1.47 bits per heavy atom. The highest BCUT2D eigenvalue weighted by molar-refractivity contribution is 8.04. The molecule has 1 heterocycles. The fourth-order valence-electron chi connectivity index (χ4n) is 1.19. The summed E-state index contributed by atoms with van der Waals surface area (Å²) in [6, 6.07) is 0.367. The second-order valence-electron chi connectivity index (χ2n) is 4.13. The van der Waals surface area contributed by atoms with Crippen LogP contribution in [0.25, 0.3) is 0 Å². The van der Waals surface area contributed by atoms with Crippen LogP contribution in [0.1, 0.15) is 19.8 Å². The third-order valence-electron chi connectivity index (χ3n) is 2.30. The summed E-state index contributed by atoms with van der Waals surface area (Å²) in [5.74, 6) is -0.155. The first-order chi connectivity index (χ1) is 9.04. The highest BCUT2D eigenvalue weighted by atomic mass is 32.2. The summed E-state index contributed by atoms with van der Waals surface area (Å²) in [5.41, 5.74) is 5.06. The number of aromatic nitrogens is 2. The van der Waals surface area contributed by atoms with Gasteiger partial charge in [0.05, 0.1) is 11.0 Å². The molecule has 0 aliphatic heterocycles. The molecule has 1 aliphatic carbocycles. The number of amides is 2. The summed E-state index contributed by atoms with van der Waals surface area (Å²) in [5, 5.41) is 10.7. The maximum atomic E-state index is 11.8. The van der Waals surface area contributed by atoms with E-state index in [-0.39, 0.29) is 22.8 Å². The highest BCUT2D eigenvalue weighted by Gasteiger charge is 2.26. The first-order valence-corrected chi connectivity index (χ1v) is 8.44. The Balaban J connectivity index is 1.80. The van der Waals surface area contributed by atoms with Gasteiger partial charge in [-0.25, -0.2) is 0 Å². The zero-order chi connectivity index (χ0) is 13.8. The van der Waals surface area contributed by atoms with E-state index >= 15 is 0 Å². The Morgan fingerprint density at radius 3 is 2.79 bits per heavy atom. The molecule has 104 valence electrons. The molecule has 0 radical (unpaired) electrons. The van der Waals surface area contributed by atoms with Crippen LogP contribution >= 0.6 is 34.9 Å². The maximum Gasteiger partial charge on any atom is 0.233 e. The first kappa shape index (κ1) is 14.6. The van der Waals surface area contributed by atoms with E-state index < -0.39 is 0 Å². The molecule has 1 aromatic rings. The fraction of sp³-hybridized carbons (Fsp3) is 0.600. The number of nitrogens with one attached hydrogen (secondary N) is 1. The fourth-order valence-corrected chi connectivity index (χ4v) is 4.10. The van der Waals surface area contributed by atoms with Gasteiger partial charge in [-0.1, -0.05) is 34.9 Å². The van der Waals surface area contributed by atoms with Crippen LogP contribution in [0.15, 0.2) is 8.68 Å². The molecule has 19 heavy (non-hydrogen) atoms. The van der Waals surface area contributed by atoms with Crippen LogP contribution in [0.5, 0.6) is 0 Å². The lowest BCUT2D eigenvalue weighted by atomic mass is 10.4. The monoisotopic (exact) mass is 318 g/mol. The molecule has 6 nitrogen and oxygen atoms in total. The summed E-state index contributed by atoms with van der Waals surface area (Å²) < 4.78 is 1.42. The molecule has 1 saturated carbocycles. The third-order valence-corrected chi connectivity index (χ3v) is 5.56. The van der Waals surface area contributed by atoms with Crippen molar-refractivity contribution in [3.05, 3.63) is 0 Å². The van der Waals surface area contributed by atoms with Gasteiger partial charge in [-0.15, -0.1) is 10.2 Å². The van der Waals surface area contributed by atoms with Crippen LogP contribution in [0.4, 0.5) is 0 Å². The molecule has 1 aliphatic rings. The predicted octanol–water partition coefficient (Wildman–Crippen LogP) is 0.875. The number of nitrogens with two attached hydrogens (primary N) is 1. The molecular weight excluding hydrogens is 304 g/mol. The molecule has 2 amide bonds. The van der Waals surface area contributed by atoms with Gasteiger partial charge in [-0.3, -0.25) is 9.59 Å². The van der Waals surface area contributed by atoms with Gasteiger partial charge in [0.2, 0.25) is 11.8 Å². The lowest BCUT2D eigenvalue weighted by Crippen LogP contribution is -2.32. The van der Waals surface area contributed by atoms with E-state index in [1.165, 1.54) is 34.9 Å². The molecular formula is C10H14N4O2S3. The van der Waals surface area contributed by atoms with Gasteiger partial charge in [0.15, 0.2) is 8.68 Å². The molecule has 0 aromatic carbocycles. The maximum absolute atomic E-state index is 11.8. The molecule has 0 bridgehead atoms. The molecule has 3 N–H and O–H groups in total. The van der Waals surface area contributed by atoms with E-state index in [4.69, 9.17) is 5.73 Å². The van der Waals surface area contributed by atoms with Gasteiger partial charge in [0, 0.05) is 6.04 Å². The summed E-state index contributed by atoms with van der Waals surface area (Å²) in [4.78, 5) is 22.4. The number of carbonyl (C=O) groups excluding carboxylic acids is 2. The van der Waals surface area contributed by atoms with E-state index in [1.54, 1.807) is 0 Å². The van der Waals surface area contributed by atoms with Crippen LogP contribution < -0.4 is 11.1 Å². The SMILES string of the molecule is C[C@@H](Sc1nnc(SCC(N)=O)s1)C(=O)NC1CC1. The highest BCUT2D eigenvalue weighted by Crippen LogP contribution is 2.31. The molecule has 0 saturated heterocycles. The van der Waals surface area contributed by atoms with Crippen molar-refractivity contribution in [1.29, 1.82) is 0 Å². The van der Waals surface area contributed by atoms with Gasteiger partial charge in [-0.05, 0) is 19.8 Å². The molecule has 9 heteroatoms. The third kappa shape index (κ3) is 5.00. The van der Waals surface area contributed by atoms with Crippen molar-refractivity contribution in [2.24, 2.45) is 5.73 Å². The van der Waals surface area contributed by atoms with E-state index in [0.717, 1.165) is 17.2 Å². The molecule has 2 rings (SSSR count). The Labute approximate surface area is 123 Å². The number of nitrogens with zero attached hydrogens (tertiary/aromatic N) is 2. The number of hydrogen-bond donors (Lipinski definition) is 2. The average Bonchev–Trinajstić information content (AvgIpc) is 3.05. The zero-order valence-electron chi connectivity index (χ0n) is 10.3. The van der Waals surface area contributed by atoms with Crippen molar-refractivity contribution in [3.63, 3.8) is 0 Å². The topological polar surface area (TPSA) is 98.0 Å². The van der Waals surface area contributed by atoms with E-state index in [9.17, 15) is 9.59 Å². The average molecular weight is 318 g/mol. The van der Waals surface area contributed by atoms with E-state index in [0.29, 0.717) is 10.4 Å². The zero-order valence-corrected chi connectivity index (χ0v) is 12.7. The van der Waals surface area contributed by atoms with E-state index in [1.807, 2.05) is 6.92 Å². The number of primary amides is 1. The molecule has 0 unspecified atom stereocenters. The van der Waals surface area contributed by atoms with Crippen molar-refractivity contribution in [3.8, 4) is 0 Å². The smallest absolute Gasteiger partial charge is 0.233 e. The summed E-state index contributed by atoms with van der Waals surface area (Å²) in [6.07, 6.45) is 2.16. The Bertz CT molecular complexity index is 475. The lowest BCUT2D eigenvalue weighted by molar-refractivity contribution is -0.120. The van der Waals surface area contributed by atoms with Crippen molar-refractivity contribution < 1.29 is 9.59 Å². The summed E-state index contributed by atoms with van der Waals surface area (Å²) >= 11 is 4.01. The van der Waals surface area contributed by atoms with Crippen LogP contribution in [0, 0.1) is 0 Å². The minimum absolute atomic E-state index is 0.0361. The Hall–Kier alpha value is -0.800. The van der Waals surface area contributed by atoms with E-state index in [2.05, 4.69) is 15.5 Å². The number of carbonyl (C=O) groups is 2. The van der Waals surface area contributed by atoms with Gasteiger partial charge in [-0.2, -0.15) is 0 Å². The minimum Gasteiger partial charge on any atom is -0.369 e. The molecule has 1 aromatic heterocycles. The summed E-state index contributed by atoms with van der Waals surface area (Å²) in [6.45, 7) is 1.85. The van der Waals surface area contributed by atoms with Crippen LogP contribution in [-0.4, -0.2) is 39.1 Å². The van der Waals surface area contributed by atoms with Crippen molar-refractivity contribution >= 4 is 46.7 Å². The Kier molecular flexibility index (Phi) is 5.06. The second kappa shape index (κ2) is 6.58. The Morgan fingerprint density at radius 2 is 2.16 bits per heavy atom. The summed E-state index contributed by atoms with van der Waals surface area (Å²) in [7, 11) is 0. The quantitative estimate of drug-likeness (QED) is 0.724. The van der Waals surface area contributed by atoms with Crippen molar-refractivity contribution in [2.75, 3.05) is 5.75 Å². The van der Waals surface area contributed by atoms with Gasteiger partial charge < -0.3 is 11.1 Å². The number of thioether (sulfide) groups is 2. The van der Waals surface area contributed by atoms with Gasteiger partial charge >= 0.3 is 0 Å². The van der Waals surface area contributed by atoms with Gasteiger partial charge in [0.1, 0.15) is 0 Å². The van der Waals surface area contributed by atoms with Crippen molar-refractivity contribution in [2.45, 2.75) is 39.7 Å². The minimum atomic E-state index is -0.383. The largest absolute Gasteiger partial charge is 0.369 e. The second-order valence-corrected chi connectivity index (χ2v) is 7.92. The van der Waals surface area contributed by atoms with Crippen LogP contribution in [-0.2, 0) is 9.59 Å². The number of rotatable bonds is 7. The number of hydrogen-bond acceptors (Lipinski definition) is 7. The normalized spacial score (nSPS) is 16.1. The predicted molar refractivity (Wildman–Crippen MR) is 76.3 cm³/mol. The first-order valence-electron chi connectivity index (χ1n) is 5.76. The van der Waals surface area contributed by atoms with Crippen LogP contribution in [0.2, 0.25) is 0 Å². The molecule has 1 fully saturated rings. The standard InChI is InChI=1S/C10H14N4O2S3/c1-5(8(16)12-6-2-3-6)18-10-14-13-9(19-10)17-4-7(11)15/h5-6H,2-4H2,1H3,(H2,11,15)(H,12,16)/t5-/m1/s1. The van der Waals surface area contributed by atoms with Gasteiger partial charge in [0.25, 0.3) is 0 Å². The molecule has 0 spiro atoms.